The van der Waals surface area contributed by atoms with Crippen LogP contribution < -0.4 is 5.32 Å². The fourth-order valence-electron chi connectivity index (χ4n) is 1.25. The van der Waals surface area contributed by atoms with E-state index in [4.69, 9.17) is 9.47 Å². The topological polar surface area (TPSA) is 73.6 Å². The first-order valence-corrected chi connectivity index (χ1v) is 4.81. The summed E-state index contributed by atoms with van der Waals surface area (Å²) in [6.07, 6.45) is -0.502. The Hall–Kier alpha value is -1.73. The molecule has 0 atom stereocenters. The molecule has 1 N–H and O–H groups in total. The minimum Gasteiger partial charge on any atom is -0.380 e. The van der Waals surface area contributed by atoms with Gasteiger partial charge < -0.3 is 14.8 Å². The fourth-order valence-corrected chi connectivity index (χ4v) is 1.25. The number of methoxy groups -OCH3 is 2. The largest absolute Gasteiger partial charge is 0.380 e. The first kappa shape index (κ1) is 13.3. The van der Waals surface area contributed by atoms with Crippen LogP contribution in [0.25, 0.3) is 0 Å². The van der Waals surface area contributed by atoms with Crippen molar-refractivity contribution in [3.05, 3.63) is 34.1 Å². The van der Waals surface area contributed by atoms with Crippen LogP contribution in [0, 0.1) is 15.9 Å². The van der Waals surface area contributed by atoms with Gasteiger partial charge in [-0.25, -0.2) is 4.39 Å². The number of nitrogens with zero attached hydrogens (tertiary/aromatic N) is 1. The van der Waals surface area contributed by atoms with Gasteiger partial charge in [0.05, 0.1) is 17.5 Å². The number of halogens is 1. The lowest BCUT2D eigenvalue weighted by atomic mass is 10.2. The molecule has 0 aromatic heterocycles. The minimum atomic E-state index is -0.673. The van der Waals surface area contributed by atoms with Gasteiger partial charge in [0, 0.05) is 26.0 Å². The van der Waals surface area contributed by atoms with Crippen molar-refractivity contribution in [2.24, 2.45) is 0 Å². The smallest absolute Gasteiger partial charge is 0.274 e. The molecule has 0 saturated heterocycles. The molecule has 1 aromatic rings. The van der Waals surface area contributed by atoms with E-state index < -0.39 is 17.0 Å². The Bertz CT molecular complexity index is 396. The SMILES string of the molecule is COC(CNc1cc(F)cc([N+](=O)[O-])c1)OC. The van der Waals surface area contributed by atoms with Crippen molar-refractivity contribution >= 4 is 11.4 Å². The van der Waals surface area contributed by atoms with E-state index in [9.17, 15) is 14.5 Å². The van der Waals surface area contributed by atoms with E-state index in [0.717, 1.165) is 12.1 Å². The van der Waals surface area contributed by atoms with Gasteiger partial charge in [0.15, 0.2) is 6.29 Å². The summed E-state index contributed by atoms with van der Waals surface area (Å²) in [6.45, 7) is 0.258. The van der Waals surface area contributed by atoms with E-state index in [1.54, 1.807) is 0 Å². The van der Waals surface area contributed by atoms with E-state index >= 15 is 0 Å². The predicted molar refractivity (Wildman–Crippen MR) is 59.4 cm³/mol. The molecule has 1 rings (SSSR count). The van der Waals surface area contributed by atoms with Crippen LogP contribution in [0.4, 0.5) is 15.8 Å². The van der Waals surface area contributed by atoms with Crippen molar-refractivity contribution in [1.82, 2.24) is 0 Å². The first-order chi connectivity index (χ1) is 8.06. The Morgan fingerprint density at radius 3 is 2.59 bits per heavy atom. The van der Waals surface area contributed by atoms with Crippen LogP contribution in [0.15, 0.2) is 18.2 Å². The number of hydrogen-bond acceptors (Lipinski definition) is 5. The maximum atomic E-state index is 13.1. The van der Waals surface area contributed by atoms with Crippen molar-refractivity contribution in [2.75, 3.05) is 26.1 Å². The minimum absolute atomic E-state index is 0.258. The third-order valence-corrected chi connectivity index (χ3v) is 2.09. The molecule has 0 aliphatic heterocycles. The molecule has 17 heavy (non-hydrogen) atoms. The molecule has 94 valence electrons. The number of hydrogen-bond donors (Lipinski definition) is 1. The standard InChI is InChI=1S/C10H13FN2O4/c1-16-10(17-2)6-12-8-3-7(11)4-9(5-8)13(14)15/h3-5,10,12H,6H2,1-2H3. The average molecular weight is 244 g/mol. The van der Waals surface area contributed by atoms with Crippen molar-refractivity contribution < 1.29 is 18.8 Å². The lowest BCUT2D eigenvalue weighted by Crippen LogP contribution is -2.23. The van der Waals surface area contributed by atoms with Gasteiger partial charge in [0.1, 0.15) is 5.82 Å². The van der Waals surface area contributed by atoms with Crippen LogP contribution in [0.5, 0.6) is 0 Å². The second-order valence-corrected chi connectivity index (χ2v) is 3.24. The van der Waals surface area contributed by atoms with Gasteiger partial charge >= 0.3 is 0 Å². The van der Waals surface area contributed by atoms with Gasteiger partial charge in [-0.15, -0.1) is 0 Å². The second-order valence-electron chi connectivity index (χ2n) is 3.24. The molecule has 0 bridgehead atoms. The number of non-ortho nitro benzene ring substituents is 1. The molecule has 0 spiro atoms. The van der Waals surface area contributed by atoms with Crippen LogP contribution in [-0.4, -0.2) is 32.0 Å². The fraction of sp³-hybridized carbons (Fsp3) is 0.400. The van der Waals surface area contributed by atoms with Crippen molar-refractivity contribution in [2.45, 2.75) is 6.29 Å². The second kappa shape index (κ2) is 6.12. The molecule has 0 heterocycles. The molecular weight excluding hydrogens is 231 g/mol. The van der Waals surface area contributed by atoms with Crippen LogP contribution in [0.2, 0.25) is 0 Å². The predicted octanol–water partition coefficient (Wildman–Crippen LogP) is 1.76. The summed E-state index contributed by atoms with van der Waals surface area (Å²) >= 11 is 0. The van der Waals surface area contributed by atoms with E-state index in [2.05, 4.69) is 5.32 Å². The molecular formula is C10H13FN2O4. The quantitative estimate of drug-likeness (QED) is 0.469. The summed E-state index contributed by atoms with van der Waals surface area (Å²) in [5, 5.41) is 13.3. The molecule has 0 amide bonds. The Morgan fingerprint density at radius 1 is 1.41 bits per heavy atom. The molecule has 0 aliphatic carbocycles. The maximum absolute atomic E-state index is 13.1. The number of ether oxygens (including phenoxy) is 2. The van der Waals surface area contributed by atoms with Crippen LogP contribution in [0.1, 0.15) is 0 Å². The van der Waals surface area contributed by atoms with Gasteiger partial charge in [-0.05, 0) is 6.07 Å². The average Bonchev–Trinajstić information content (AvgIpc) is 2.29. The number of nitro groups is 1. The Morgan fingerprint density at radius 2 is 2.06 bits per heavy atom. The normalized spacial score (nSPS) is 10.6. The van der Waals surface area contributed by atoms with E-state index in [-0.39, 0.29) is 12.2 Å². The summed E-state index contributed by atoms with van der Waals surface area (Å²) in [5.74, 6) is -0.673. The Labute approximate surface area is 97.5 Å². The van der Waals surface area contributed by atoms with Gasteiger partial charge in [0.2, 0.25) is 0 Å². The summed E-state index contributed by atoms with van der Waals surface area (Å²) in [4.78, 5) is 9.86. The summed E-state index contributed by atoms with van der Waals surface area (Å²) in [7, 11) is 2.92. The molecule has 0 unspecified atom stereocenters. The van der Waals surface area contributed by atoms with Crippen molar-refractivity contribution in [3.63, 3.8) is 0 Å². The highest BCUT2D eigenvalue weighted by molar-refractivity contribution is 5.51. The third kappa shape index (κ3) is 3.97. The van der Waals surface area contributed by atoms with E-state index in [0.29, 0.717) is 5.69 Å². The van der Waals surface area contributed by atoms with E-state index in [1.165, 1.54) is 20.3 Å². The third-order valence-electron chi connectivity index (χ3n) is 2.09. The molecule has 1 aromatic carbocycles. The van der Waals surface area contributed by atoms with Gasteiger partial charge in [0.25, 0.3) is 5.69 Å². The van der Waals surface area contributed by atoms with Crippen molar-refractivity contribution in [1.29, 1.82) is 0 Å². The zero-order valence-corrected chi connectivity index (χ0v) is 9.47. The zero-order chi connectivity index (χ0) is 12.8. The molecule has 7 heteroatoms. The number of nitrogens with one attached hydrogen (secondary N) is 1. The van der Waals surface area contributed by atoms with E-state index in [1.807, 2.05) is 0 Å². The number of nitro benzene ring substituents is 1. The Balaban J connectivity index is 2.74. The highest BCUT2D eigenvalue weighted by Crippen LogP contribution is 2.19. The van der Waals surface area contributed by atoms with Gasteiger partial charge in [-0.1, -0.05) is 0 Å². The maximum Gasteiger partial charge on any atom is 0.274 e. The number of rotatable bonds is 6. The molecule has 0 fully saturated rings. The summed E-state index contributed by atoms with van der Waals surface area (Å²) in [5.41, 5.74) is -0.00492. The number of benzene rings is 1. The monoisotopic (exact) mass is 244 g/mol. The first-order valence-electron chi connectivity index (χ1n) is 4.81. The summed E-state index contributed by atoms with van der Waals surface area (Å²) in [6, 6.07) is 3.26. The highest BCUT2D eigenvalue weighted by atomic mass is 19.1. The number of anilines is 1. The Kier molecular flexibility index (Phi) is 4.80. The van der Waals surface area contributed by atoms with Crippen molar-refractivity contribution in [3.8, 4) is 0 Å². The lowest BCUT2D eigenvalue weighted by molar-refractivity contribution is -0.385. The van der Waals surface area contributed by atoms with Gasteiger partial charge in [-0.3, -0.25) is 10.1 Å². The molecule has 0 aliphatic rings. The van der Waals surface area contributed by atoms with Crippen LogP contribution >= 0.6 is 0 Å². The van der Waals surface area contributed by atoms with Gasteiger partial charge in [-0.2, -0.15) is 0 Å². The molecule has 0 saturated carbocycles. The molecule has 6 nitrogen and oxygen atoms in total. The van der Waals surface area contributed by atoms with Crippen LogP contribution in [-0.2, 0) is 9.47 Å². The van der Waals surface area contributed by atoms with Crippen LogP contribution in [0.3, 0.4) is 0 Å². The summed E-state index contributed by atoms with van der Waals surface area (Å²) < 4.78 is 22.9. The molecule has 0 radical (unpaired) electrons. The highest BCUT2D eigenvalue weighted by Gasteiger charge is 2.11. The lowest BCUT2D eigenvalue weighted by Gasteiger charge is -2.14. The zero-order valence-electron chi connectivity index (χ0n) is 9.47.